The van der Waals surface area contributed by atoms with Gasteiger partial charge in [0.1, 0.15) is 0 Å². The number of para-hydroxylation sites is 2. The topological polar surface area (TPSA) is 83.6 Å². The molecule has 0 saturated heterocycles. The van der Waals surface area contributed by atoms with Crippen LogP contribution < -0.4 is 20.3 Å². The minimum atomic E-state index is -0.717. The number of ether oxygens (including phenoxy) is 1. The summed E-state index contributed by atoms with van der Waals surface area (Å²) in [5.74, 6) is -0.937. The molecule has 0 aliphatic rings. The van der Waals surface area contributed by atoms with Crippen molar-refractivity contribution in [1.82, 2.24) is 10.3 Å². The molecule has 0 fully saturated rings. The van der Waals surface area contributed by atoms with Crippen molar-refractivity contribution in [2.45, 2.75) is 6.54 Å². The van der Waals surface area contributed by atoms with Crippen molar-refractivity contribution < 1.29 is 14.3 Å². The van der Waals surface area contributed by atoms with Crippen LogP contribution in [-0.2, 0) is 16.1 Å². The monoisotopic (exact) mass is 328 g/mol. The number of pyridine rings is 1. The number of anilines is 2. The maximum Gasteiger partial charge on any atom is 0.313 e. The maximum absolute atomic E-state index is 12.0. The second-order valence-corrected chi connectivity index (χ2v) is 5.26. The minimum Gasteiger partial charge on any atom is -0.481 e. The van der Waals surface area contributed by atoms with Crippen molar-refractivity contribution >= 4 is 23.2 Å². The molecule has 2 aromatic rings. The molecule has 1 aromatic heterocycles. The van der Waals surface area contributed by atoms with Gasteiger partial charge in [-0.15, -0.1) is 0 Å². The first-order valence-electron chi connectivity index (χ1n) is 7.35. The van der Waals surface area contributed by atoms with Crippen LogP contribution in [0, 0.1) is 0 Å². The number of methoxy groups -OCH3 is 1. The van der Waals surface area contributed by atoms with Crippen molar-refractivity contribution in [3.63, 3.8) is 0 Å². The number of rotatable bonds is 5. The highest BCUT2D eigenvalue weighted by atomic mass is 16.5. The van der Waals surface area contributed by atoms with Gasteiger partial charge >= 0.3 is 11.8 Å². The van der Waals surface area contributed by atoms with E-state index in [-0.39, 0.29) is 6.54 Å². The van der Waals surface area contributed by atoms with Crippen LogP contribution in [0.4, 0.5) is 11.4 Å². The molecule has 0 saturated carbocycles. The number of nitrogens with one attached hydrogen (secondary N) is 2. The van der Waals surface area contributed by atoms with Crippen molar-refractivity contribution in [2.75, 3.05) is 31.4 Å². The van der Waals surface area contributed by atoms with Gasteiger partial charge in [0.2, 0.25) is 5.88 Å². The van der Waals surface area contributed by atoms with Gasteiger partial charge < -0.3 is 20.3 Å². The molecule has 0 atom stereocenters. The first-order valence-corrected chi connectivity index (χ1v) is 7.35. The Hall–Kier alpha value is -3.09. The van der Waals surface area contributed by atoms with Crippen molar-refractivity contribution in [3.8, 4) is 5.88 Å². The predicted molar refractivity (Wildman–Crippen MR) is 92.0 cm³/mol. The molecule has 0 bridgehead atoms. The summed E-state index contributed by atoms with van der Waals surface area (Å²) in [5, 5.41) is 5.18. The maximum atomic E-state index is 12.0. The molecule has 0 radical (unpaired) electrons. The molecule has 126 valence electrons. The fourth-order valence-corrected chi connectivity index (χ4v) is 2.05. The normalized spacial score (nSPS) is 9.96. The second-order valence-electron chi connectivity index (χ2n) is 5.26. The van der Waals surface area contributed by atoms with E-state index in [2.05, 4.69) is 15.6 Å². The van der Waals surface area contributed by atoms with E-state index in [1.54, 1.807) is 30.5 Å². The van der Waals surface area contributed by atoms with Gasteiger partial charge in [-0.2, -0.15) is 0 Å². The van der Waals surface area contributed by atoms with Gasteiger partial charge in [0.25, 0.3) is 0 Å². The lowest BCUT2D eigenvalue weighted by Crippen LogP contribution is -2.35. The van der Waals surface area contributed by atoms with Crippen LogP contribution in [0.15, 0.2) is 42.6 Å². The van der Waals surface area contributed by atoms with E-state index >= 15 is 0 Å². The summed E-state index contributed by atoms with van der Waals surface area (Å²) in [4.78, 5) is 29.9. The molecule has 0 aliphatic carbocycles. The predicted octanol–water partition coefficient (Wildman–Crippen LogP) is 1.41. The number of aromatic nitrogens is 1. The van der Waals surface area contributed by atoms with Crippen molar-refractivity contribution in [3.05, 3.63) is 48.2 Å². The molecule has 0 spiro atoms. The van der Waals surface area contributed by atoms with E-state index in [1.807, 2.05) is 31.1 Å². The largest absolute Gasteiger partial charge is 0.481 e. The summed E-state index contributed by atoms with van der Waals surface area (Å²) < 4.78 is 4.96. The average Bonchev–Trinajstić information content (AvgIpc) is 2.60. The van der Waals surface area contributed by atoms with E-state index in [0.29, 0.717) is 11.6 Å². The lowest BCUT2D eigenvalue weighted by molar-refractivity contribution is -0.136. The molecule has 2 rings (SSSR count). The lowest BCUT2D eigenvalue weighted by Gasteiger charge is -2.17. The van der Waals surface area contributed by atoms with Crippen LogP contribution in [-0.4, -0.2) is 38.0 Å². The molecule has 7 heteroatoms. The fourth-order valence-electron chi connectivity index (χ4n) is 2.05. The van der Waals surface area contributed by atoms with E-state index in [9.17, 15) is 9.59 Å². The van der Waals surface area contributed by atoms with Gasteiger partial charge in [-0.05, 0) is 17.7 Å². The molecule has 0 unspecified atom stereocenters. The van der Waals surface area contributed by atoms with E-state index in [4.69, 9.17) is 4.74 Å². The summed E-state index contributed by atoms with van der Waals surface area (Å²) in [6, 6.07) is 10.7. The van der Waals surface area contributed by atoms with E-state index in [1.165, 1.54) is 7.11 Å². The standard InChI is InChI=1S/C17H20N4O3/c1-21(2)14-7-5-4-6-13(14)20-17(23)16(22)19-11-12-8-9-15(24-3)18-10-12/h4-10H,11H2,1-3H3,(H,19,22)(H,20,23). The molecule has 2 amide bonds. The number of carbonyl (C=O) groups is 2. The zero-order valence-corrected chi connectivity index (χ0v) is 13.9. The van der Waals surface area contributed by atoms with E-state index < -0.39 is 11.8 Å². The third-order valence-electron chi connectivity index (χ3n) is 3.30. The summed E-state index contributed by atoms with van der Waals surface area (Å²) in [6.45, 7) is 0.207. The Morgan fingerprint density at radius 1 is 1.12 bits per heavy atom. The van der Waals surface area contributed by atoms with Crippen LogP contribution in [0.2, 0.25) is 0 Å². The third-order valence-corrected chi connectivity index (χ3v) is 3.30. The van der Waals surface area contributed by atoms with Gasteiger partial charge in [-0.25, -0.2) is 4.98 Å². The Morgan fingerprint density at radius 3 is 2.50 bits per heavy atom. The quantitative estimate of drug-likeness (QED) is 0.811. The highest BCUT2D eigenvalue weighted by molar-refractivity contribution is 6.39. The zero-order valence-electron chi connectivity index (χ0n) is 13.9. The van der Waals surface area contributed by atoms with Crippen LogP contribution in [0.1, 0.15) is 5.56 Å². The van der Waals surface area contributed by atoms with Crippen LogP contribution >= 0.6 is 0 Å². The number of carbonyl (C=O) groups excluding carboxylic acids is 2. The van der Waals surface area contributed by atoms with Crippen molar-refractivity contribution in [2.24, 2.45) is 0 Å². The van der Waals surface area contributed by atoms with Gasteiger partial charge in [0.05, 0.1) is 18.5 Å². The summed E-state index contributed by atoms with van der Waals surface area (Å²) >= 11 is 0. The number of nitrogens with zero attached hydrogens (tertiary/aromatic N) is 2. The van der Waals surface area contributed by atoms with Gasteiger partial charge in [0.15, 0.2) is 0 Å². The first kappa shape index (κ1) is 17.3. The zero-order chi connectivity index (χ0) is 17.5. The average molecular weight is 328 g/mol. The lowest BCUT2D eigenvalue weighted by atomic mass is 10.2. The highest BCUT2D eigenvalue weighted by Gasteiger charge is 2.15. The molecule has 24 heavy (non-hydrogen) atoms. The van der Waals surface area contributed by atoms with Crippen molar-refractivity contribution in [1.29, 1.82) is 0 Å². The third kappa shape index (κ3) is 4.45. The minimum absolute atomic E-state index is 0.207. The Balaban J connectivity index is 1.94. The molecule has 1 heterocycles. The van der Waals surface area contributed by atoms with Crippen LogP contribution in [0.5, 0.6) is 5.88 Å². The highest BCUT2D eigenvalue weighted by Crippen LogP contribution is 2.23. The van der Waals surface area contributed by atoms with Crippen LogP contribution in [0.3, 0.4) is 0 Å². The summed E-state index contributed by atoms with van der Waals surface area (Å²) in [6.07, 6.45) is 1.58. The number of hydrogen-bond donors (Lipinski definition) is 2. The molecule has 7 nitrogen and oxygen atoms in total. The number of amides is 2. The Morgan fingerprint density at radius 2 is 1.88 bits per heavy atom. The Labute approximate surface area is 140 Å². The first-order chi connectivity index (χ1) is 11.5. The molecular weight excluding hydrogens is 308 g/mol. The van der Waals surface area contributed by atoms with Crippen LogP contribution in [0.25, 0.3) is 0 Å². The Bertz CT molecular complexity index is 714. The summed E-state index contributed by atoms with van der Waals surface area (Å²) in [5.41, 5.74) is 2.16. The second kappa shape index (κ2) is 7.96. The molecule has 0 aliphatic heterocycles. The van der Waals surface area contributed by atoms with Gasteiger partial charge in [-0.1, -0.05) is 18.2 Å². The summed E-state index contributed by atoms with van der Waals surface area (Å²) in [7, 11) is 5.25. The van der Waals surface area contributed by atoms with E-state index in [0.717, 1.165) is 11.3 Å². The number of hydrogen-bond acceptors (Lipinski definition) is 5. The SMILES string of the molecule is COc1ccc(CNC(=O)C(=O)Nc2ccccc2N(C)C)cn1. The van der Waals surface area contributed by atoms with Gasteiger partial charge in [0, 0.05) is 32.9 Å². The molecule has 2 N–H and O–H groups in total. The molecule has 1 aromatic carbocycles. The van der Waals surface area contributed by atoms with Gasteiger partial charge in [-0.3, -0.25) is 9.59 Å². The smallest absolute Gasteiger partial charge is 0.313 e. The molecular formula is C17H20N4O3. The number of benzene rings is 1. The fraction of sp³-hybridized carbons (Fsp3) is 0.235. The Kier molecular flexibility index (Phi) is 5.73.